The number of rotatable bonds is 3. The van der Waals surface area contributed by atoms with E-state index >= 15 is 0 Å². The summed E-state index contributed by atoms with van der Waals surface area (Å²) in [4.78, 5) is 13.3. The van der Waals surface area contributed by atoms with Gasteiger partial charge in [-0.3, -0.25) is 9.69 Å². The molecule has 0 amide bonds. The maximum Gasteiger partial charge on any atom is 0.325 e. The molecule has 0 spiro atoms. The minimum atomic E-state index is -0.967. The second-order valence-corrected chi connectivity index (χ2v) is 4.60. The lowest BCUT2D eigenvalue weighted by Crippen LogP contribution is -2.47. The molecule has 0 aliphatic carbocycles. The monoisotopic (exact) mass is 272 g/mol. The first-order valence-electron chi connectivity index (χ1n) is 5.72. The molecule has 0 aromatic heterocycles. The zero-order valence-corrected chi connectivity index (χ0v) is 10.5. The van der Waals surface area contributed by atoms with Crippen LogP contribution in [0.3, 0.4) is 0 Å². The van der Waals surface area contributed by atoms with Crippen molar-refractivity contribution in [2.75, 3.05) is 26.2 Å². The Morgan fingerprint density at radius 2 is 2.11 bits per heavy atom. The number of carbonyl (C=O) groups is 1. The number of nitrogens with one attached hydrogen (secondary N) is 1. The van der Waals surface area contributed by atoms with Crippen LogP contribution in [0.4, 0.5) is 4.39 Å². The summed E-state index contributed by atoms with van der Waals surface area (Å²) in [5.41, 5.74) is 0.437. The highest BCUT2D eigenvalue weighted by Gasteiger charge is 2.30. The molecule has 1 atom stereocenters. The molecule has 6 heteroatoms. The van der Waals surface area contributed by atoms with Crippen LogP contribution in [-0.2, 0) is 4.79 Å². The summed E-state index contributed by atoms with van der Waals surface area (Å²) in [6, 6.07) is 3.01. The molecule has 1 aliphatic rings. The molecule has 4 nitrogen and oxygen atoms in total. The largest absolute Gasteiger partial charge is 0.480 e. The van der Waals surface area contributed by atoms with Crippen LogP contribution in [-0.4, -0.2) is 42.2 Å². The van der Waals surface area contributed by atoms with Crippen molar-refractivity contribution in [1.82, 2.24) is 10.2 Å². The average Bonchev–Trinajstić information content (AvgIpc) is 2.33. The summed E-state index contributed by atoms with van der Waals surface area (Å²) in [5.74, 6) is -1.43. The van der Waals surface area contributed by atoms with Crippen LogP contribution in [0.25, 0.3) is 0 Å². The average molecular weight is 273 g/mol. The molecular formula is C12H14ClFN2O2. The normalized spacial score (nSPS) is 18.6. The predicted octanol–water partition coefficient (Wildman–Crippen LogP) is 1.51. The van der Waals surface area contributed by atoms with Crippen molar-refractivity contribution >= 4 is 17.6 Å². The van der Waals surface area contributed by atoms with Crippen LogP contribution in [0.2, 0.25) is 5.02 Å². The summed E-state index contributed by atoms with van der Waals surface area (Å²) >= 11 is 5.94. The highest BCUT2D eigenvalue weighted by Crippen LogP contribution is 2.28. The Hall–Kier alpha value is -1.17. The fourth-order valence-corrected chi connectivity index (χ4v) is 2.42. The molecule has 0 saturated carbocycles. The summed E-state index contributed by atoms with van der Waals surface area (Å²) < 4.78 is 13.0. The van der Waals surface area contributed by atoms with E-state index in [1.165, 1.54) is 12.1 Å². The van der Waals surface area contributed by atoms with E-state index in [9.17, 15) is 14.3 Å². The van der Waals surface area contributed by atoms with Crippen molar-refractivity contribution in [3.63, 3.8) is 0 Å². The quantitative estimate of drug-likeness (QED) is 0.876. The molecule has 18 heavy (non-hydrogen) atoms. The first kappa shape index (κ1) is 13.3. The Balaban J connectivity index is 2.31. The SMILES string of the molecule is O=C(O)C(c1ccc(F)cc1Cl)N1CCNCC1. The van der Waals surface area contributed by atoms with Gasteiger partial charge in [-0.05, 0) is 17.7 Å². The Morgan fingerprint density at radius 1 is 1.44 bits per heavy atom. The van der Waals surface area contributed by atoms with Crippen LogP contribution in [0.5, 0.6) is 0 Å². The standard InChI is InChI=1S/C12H14ClFN2O2/c13-10-7-8(14)1-2-9(10)11(12(17)18)16-5-3-15-4-6-16/h1-2,7,11,15H,3-6H2,(H,17,18). The predicted molar refractivity (Wildman–Crippen MR) is 66.2 cm³/mol. The highest BCUT2D eigenvalue weighted by molar-refractivity contribution is 6.31. The summed E-state index contributed by atoms with van der Waals surface area (Å²) in [6.07, 6.45) is 0. The van der Waals surface area contributed by atoms with Gasteiger partial charge in [-0.15, -0.1) is 0 Å². The molecular weight excluding hydrogens is 259 g/mol. The van der Waals surface area contributed by atoms with E-state index < -0.39 is 17.8 Å². The van der Waals surface area contributed by atoms with Crippen molar-refractivity contribution < 1.29 is 14.3 Å². The van der Waals surface area contributed by atoms with Crippen LogP contribution >= 0.6 is 11.6 Å². The van der Waals surface area contributed by atoms with Gasteiger partial charge in [0.05, 0.1) is 0 Å². The van der Waals surface area contributed by atoms with Gasteiger partial charge in [-0.25, -0.2) is 4.39 Å². The minimum Gasteiger partial charge on any atom is -0.480 e. The van der Waals surface area contributed by atoms with Crippen molar-refractivity contribution in [2.24, 2.45) is 0 Å². The number of hydrogen-bond acceptors (Lipinski definition) is 3. The van der Waals surface area contributed by atoms with E-state index in [0.29, 0.717) is 18.7 Å². The molecule has 0 bridgehead atoms. The van der Waals surface area contributed by atoms with Crippen molar-refractivity contribution in [3.8, 4) is 0 Å². The van der Waals surface area contributed by atoms with Gasteiger partial charge in [0.15, 0.2) is 0 Å². The first-order valence-corrected chi connectivity index (χ1v) is 6.10. The van der Waals surface area contributed by atoms with E-state index in [1.54, 1.807) is 0 Å². The Kier molecular flexibility index (Phi) is 4.16. The topological polar surface area (TPSA) is 52.6 Å². The number of hydrogen-bond donors (Lipinski definition) is 2. The van der Waals surface area contributed by atoms with Gasteiger partial charge < -0.3 is 10.4 Å². The van der Waals surface area contributed by atoms with E-state index in [1.807, 2.05) is 4.90 Å². The van der Waals surface area contributed by atoms with Crippen molar-refractivity contribution in [2.45, 2.75) is 6.04 Å². The molecule has 1 unspecified atom stereocenters. The number of nitrogens with zero attached hydrogens (tertiary/aromatic N) is 1. The number of piperazine rings is 1. The van der Waals surface area contributed by atoms with Crippen molar-refractivity contribution in [1.29, 1.82) is 0 Å². The molecule has 1 fully saturated rings. The van der Waals surface area contributed by atoms with Crippen LogP contribution in [0.15, 0.2) is 18.2 Å². The molecule has 2 N–H and O–H groups in total. The van der Waals surface area contributed by atoms with Crippen LogP contribution in [0.1, 0.15) is 11.6 Å². The van der Waals surface area contributed by atoms with Crippen LogP contribution in [0, 0.1) is 5.82 Å². The molecule has 1 aliphatic heterocycles. The lowest BCUT2D eigenvalue weighted by molar-refractivity contribution is -0.143. The molecule has 1 aromatic carbocycles. The molecule has 2 rings (SSSR count). The van der Waals surface area contributed by atoms with E-state index in [0.717, 1.165) is 19.2 Å². The fraction of sp³-hybridized carbons (Fsp3) is 0.417. The number of halogens is 2. The zero-order valence-electron chi connectivity index (χ0n) is 9.70. The lowest BCUT2D eigenvalue weighted by Gasteiger charge is -2.32. The van der Waals surface area contributed by atoms with Gasteiger partial charge in [0.2, 0.25) is 0 Å². The van der Waals surface area contributed by atoms with Gasteiger partial charge in [-0.2, -0.15) is 0 Å². The molecule has 1 aromatic rings. The Bertz CT molecular complexity index is 450. The van der Waals surface area contributed by atoms with E-state index in [-0.39, 0.29) is 5.02 Å². The smallest absolute Gasteiger partial charge is 0.325 e. The minimum absolute atomic E-state index is 0.154. The molecule has 1 saturated heterocycles. The number of benzene rings is 1. The van der Waals surface area contributed by atoms with Crippen molar-refractivity contribution in [3.05, 3.63) is 34.6 Å². The Morgan fingerprint density at radius 3 is 2.67 bits per heavy atom. The first-order chi connectivity index (χ1) is 8.59. The maximum absolute atomic E-state index is 13.0. The van der Waals surface area contributed by atoms with Gasteiger partial charge in [0, 0.05) is 31.2 Å². The maximum atomic E-state index is 13.0. The summed E-state index contributed by atoms with van der Waals surface area (Å²) in [7, 11) is 0. The fourth-order valence-electron chi connectivity index (χ4n) is 2.15. The molecule has 1 heterocycles. The lowest BCUT2D eigenvalue weighted by atomic mass is 10.0. The highest BCUT2D eigenvalue weighted by atomic mass is 35.5. The second kappa shape index (κ2) is 5.65. The number of carboxylic acid groups (broad SMARTS) is 1. The van der Waals surface area contributed by atoms with Gasteiger partial charge in [0.1, 0.15) is 11.9 Å². The molecule has 0 radical (unpaired) electrons. The van der Waals surface area contributed by atoms with Gasteiger partial charge >= 0.3 is 5.97 Å². The van der Waals surface area contributed by atoms with Gasteiger partial charge in [0.25, 0.3) is 0 Å². The van der Waals surface area contributed by atoms with E-state index in [2.05, 4.69) is 5.32 Å². The zero-order chi connectivity index (χ0) is 13.1. The van der Waals surface area contributed by atoms with Crippen LogP contribution < -0.4 is 5.32 Å². The molecule has 98 valence electrons. The summed E-state index contributed by atoms with van der Waals surface area (Å²) in [5, 5.41) is 12.7. The second-order valence-electron chi connectivity index (χ2n) is 4.19. The van der Waals surface area contributed by atoms with E-state index in [4.69, 9.17) is 11.6 Å². The Labute approximate surface area is 109 Å². The summed E-state index contributed by atoms with van der Waals surface area (Å²) in [6.45, 7) is 2.74. The third-order valence-corrected chi connectivity index (χ3v) is 3.34. The number of aliphatic carboxylic acids is 1. The third kappa shape index (κ3) is 2.80. The number of carboxylic acids is 1. The third-order valence-electron chi connectivity index (χ3n) is 3.01. The van der Waals surface area contributed by atoms with Gasteiger partial charge in [-0.1, -0.05) is 17.7 Å².